The number of ether oxygens (including phenoxy) is 1. The maximum absolute atomic E-state index is 5.90. The number of aryl methyl sites for hydroxylation is 3. The molecule has 2 aromatic rings. The Morgan fingerprint density at radius 1 is 1.33 bits per heavy atom. The molecule has 1 aliphatic rings. The van der Waals surface area contributed by atoms with Gasteiger partial charge >= 0.3 is 0 Å². The summed E-state index contributed by atoms with van der Waals surface area (Å²) < 4.78 is 9.60. The fraction of sp³-hybridized carbons (Fsp3) is 0.600. The number of anilines is 1. The van der Waals surface area contributed by atoms with Crippen molar-refractivity contribution in [3.8, 4) is 0 Å². The number of nitrogens with one attached hydrogen (secondary N) is 1. The van der Waals surface area contributed by atoms with Crippen LogP contribution in [0.2, 0.25) is 0 Å². The van der Waals surface area contributed by atoms with Gasteiger partial charge in [-0.1, -0.05) is 6.92 Å². The molecule has 0 aromatic carbocycles. The van der Waals surface area contributed by atoms with E-state index in [0.717, 1.165) is 37.4 Å². The lowest BCUT2D eigenvalue weighted by atomic mass is 9.97. The first-order valence-electron chi connectivity index (χ1n) is 7.54. The lowest BCUT2D eigenvalue weighted by Gasteiger charge is -2.18. The zero-order chi connectivity index (χ0) is 14.8. The zero-order valence-electron chi connectivity index (χ0n) is 12.9. The van der Waals surface area contributed by atoms with Gasteiger partial charge in [0.2, 0.25) is 0 Å². The summed E-state index contributed by atoms with van der Waals surface area (Å²) in [6.45, 7) is 3.85. The molecule has 2 atom stereocenters. The van der Waals surface area contributed by atoms with Gasteiger partial charge in [0.05, 0.1) is 23.7 Å². The first-order chi connectivity index (χ1) is 10.2. The summed E-state index contributed by atoms with van der Waals surface area (Å²) in [4.78, 5) is 0. The third-order valence-corrected chi connectivity index (χ3v) is 4.06. The van der Waals surface area contributed by atoms with Crippen molar-refractivity contribution in [3.63, 3.8) is 0 Å². The Balaban J connectivity index is 1.66. The molecular weight excluding hydrogens is 266 g/mol. The molecular formula is C15H23N5O. The molecule has 0 spiro atoms. The number of aromatic nitrogens is 4. The van der Waals surface area contributed by atoms with E-state index in [-0.39, 0.29) is 6.10 Å². The second kappa shape index (κ2) is 5.89. The Morgan fingerprint density at radius 2 is 2.19 bits per heavy atom. The van der Waals surface area contributed by atoms with Crippen LogP contribution in [0.25, 0.3) is 0 Å². The molecule has 1 saturated heterocycles. The smallest absolute Gasteiger partial charge is 0.0901 e. The highest BCUT2D eigenvalue weighted by Crippen LogP contribution is 2.34. The summed E-state index contributed by atoms with van der Waals surface area (Å²) in [7, 11) is 3.90. The van der Waals surface area contributed by atoms with E-state index in [4.69, 9.17) is 4.74 Å². The van der Waals surface area contributed by atoms with E-state index >= 15 is 0 Å². The van der Waals surface area contributed by atoms with E-state index in [0.29, 0.717) is 5.92 Å². The quantitative estimate of drug-likeness (QED) is 0.913. The van der Waals surface area contributed by atoms with Gasteiger partial charge in [-0.3, -0.25) is 9.36 Å². The Morgan fingerprint density at radius 3 is 2.90 bits per heavy atom. The second-order valence-electron chi connectivity index (χ2n) is 5.69. The molecule has 0 unspecified atom stereocenters. The Hall–Kier alpha value is -1.82. The van der Waals surface area contributed by atoms with Gasteiger partial charge in [0.15, 0.2) is 0 Å². The van der Waals surface area contributed by atoms with Crippen LogP contribution in [0.1, 0.15) is 30.7 Å². The van der Waals surface area contributed by atoms with Gasteiger partial charge in [0.1, 0.15) is 0 Å². The molecule has 1 N–H and O–H groups in total. The molecule has 0 aliphatic carbocycles. The highest BCUT2D eigenvalue weighted by atomic mass is 16.5. The van der Waals surface area contributed by atoms with Crippen molar-refractivity contribution in [1.29, 1.82) is 0 Å². The summed E-state index contributed by atoms with van der Waals surface area (Å²) in [5.41, 5.74) is 3.43. The second-order valence-corrected chi connectivity index (χ2v) is 5.69. The van der Waals surface area contributed by atoms with E-state index in [9.17, 15) is 0 Å². The van der Waals surface area contributed by atoms with E-state index in [1.54, 1.807) is 0 Å². The highest BCUT2D eigenvalue weighted by Gasteiger charge is 2.30. The molecule has 3 rings (SSSR count). The lowest BCUT2D eigenvalue weighted by molar-refractivity contribution is 0.0932. The van der Waals surface area contributed by atoms with Crippen LogP contribution in [0.15, 0.2) is 18.6 Å². The Kier molecular flexibility index (Phi) is 3.96. The highest BCUT2D eigenvalue weighted by molar-refractivity contribution is 5.46. The monoisotopic (exact) mass is 289 g/mol. The van der Waals surface area contributed by atoms with E-state index in [1.165, 1.54) is 5.56 Å². The summed E-state index contributed by atoms with van der Waals surface area (Å²) in [5, 5.41) is 12.3. The average Bonchev–Trinajstić information content (AvgIpc) is 3.15. The average molecular weight is 289 g/mol. The molecule has 21 heavy (non-hydrogen) atoms. The van der Waals surface area contributed by atoms with Crippen molar-refractivity contribution in [2.24, 2.45) is 20.0 Å². The first kappa shape index (κ1) is 14.1. The fourth-order valence-corrected chi connectivity index (χ4v) is 2.98. The SMILES string of the molecule is CCc1nn(C)cc1NC[C@H]1CCO[C@@H]1c1cnn(C)c1. The Labute approximate surface area is 125 Å². The zero-order valence-corrected chi connectivity index (χ0v) is 12.9. The van der Waals surface area contributed by atoms with Gasteiger partial charge < -0.3 is 10.1 Å². The molecule has 0 saturated carbocycles. The molecule has 1 fully saturated rings. The van der Waals surface area contributed by atoms with Gasteiger partial charge in [0.25, 0.3) is 0 Å². The number of nitrogens with zero attached hydrogens (tertiary/aromatic N) is 4. The molecule has 1 aliphatic heterocycles. The number of hydrogen-bond acceptors (Lipinski definition) is 4. The maximum Gasteiger partial charge on any atom is 0.0901 e. The number of rotatable bonds is 5. The molecule has 6 heteroatoms. The molecule has 0 radical (unpaired) electrons. The molecule has 6 nitrogen and oxygen atoms in total. The topological polar surface area (TPSA) is 56.9 Å². The summed E-state index contributed by atoms with van der Waals surface area (Å²) in [6, 6.07) is 0. The van der Waals surface area contributed by atoms with Crippen LogP contribution in [0, 0.1) is 5.92 Å². The van der Waals surface area contributed by atoms with Crippen molar-refractivity contribution < 1.29 is 4.74 Å². The maximum atomic E-state index is 5.90. The predicted octanol–water partition coefficient (Wildman–Crippen LogP) is 1.91. The number of hydrogen-bond donors (Lipinski definition) is 1. The third kappa shape index (κ3) is 2.95. The van der Waals surface area contributed by atoms with Gasteiger partial charge in [-0.25, -0.2) is 0 Å². The summed E-state index contributed by atoms with van der Waals surface area (Å²) in [5.74, 6) is 0.471. The molecule has 0 bridgehead atoms. The first-order valence-corrected chi connectivity index (χ1v) is 7.54. The lowest BCUT2D eigenvalue weighted by Crippen LogP contribution is -2.18. The summed E-state index contributed by atoms with van der Waals surface area (Å²) >= 11 is 0. The molecule has 114 valence electrons. The van der Waals surface area contributed by atoms with E-state index < -0.39 is 0 Å². The van der Waals surface area contributed by atoms with E-state index in [1.807, 2.05) is 42.0 Å². The minimum absolute atomic E-state index is 0.146. The van der Waals surface area contributed by atoms with Gasteiger partial charge in [-0.15, -0.1) is 0 Å². The van der Waals surface area contributed by atoms with Crippen LogP contribution in [-0.2, 0) is 25.3 Å². The molecule has 3 heterocycles. The standard InChI is InChI=1S/C15H23N5O/c1-4-13-14(10-20(3)18-13)16-7-11-5-6-21-15(11)12-8-17-19(2)9-12/h8-11,15-16H,4-7H2,1-3H3/t11-,15+/m1/s1. The minimum Gasteiger partial charge on any atom is -0.382 e. The van der Waals surface area contributed by atoms with Crippen LogP contribution < -0.4 is 5.32 Å². The van der Waals surface area contributed by atoms with Crippen molar-refractivity contribution in [2.45, 2.75) is 25.9 Å². The third-order valence-electron chi connectivity index (χ3n) is 4.06. The van der Waals surface area contributed by atoms with Crippen LogP contribution >= 0.6 is 0 Å². The summed E-state index contributed by atoms with van der Waals surface area (Å²) in [6.07, 6.45) is 8.17. The van der Waals surface area contributed by atoms with Crippen molar-refractivity contribution >= 4 is 5.69 Å². The van der Waals surface area contributed by atoms with Crippen molar-refractivity contribution in [2.75, 3.05) is 18.5 Å². The van der Waals surface area contributed by atoms with Gasteiger partial charge in [0, 0.05) is 51.1 Å². The van der Waals surface area contributed by atoms with Crippen LogP contribution in [-0.4, -0.2) is 32.7 Å². The largest absolute Gasteiger partial charge is 0.382 e. The normalized spacial score (nSPS) is 21.9. The van der Waals surface area contributed by atoms with Gasteiger partial charge in [-0.2, -0.15) is 10.2 Å². The van der Waals surface area contributed by atoms with Gasteiger partial charge in [-0.05, 0) is 12.8 Å². The van der Waals surface area contributed by atoms with Crippen LogP contribution in [0.5, 0.6) is 0 Å². The minimum atomic E-state index is 0.146. The molecule has 2 aromatic heterocycles. The van der Waals surface area contributed by atoms with Crippen molar-refractivity contribution in [1.82, 2.24) is 19.6 Å². The van der Waals surface area contributed by atoms with Crippen LogP contribution in [0.4, 0.5) is 5.69 Å². The van der Waals surface area contributed by atoms with E-state index in [2.05, 4.69) is 22.4 Å². The van der Waals surface area contributed by atoms with Crippen molar-refractivity contribution in [3.05, 3.63) is 29.8 Å². The predicted molar refractivity (Wildman–Crippen MR) is 81.1 cm³/mol. The fourth-order valence-electron chi connectivity index (χ4n) is 2.98. The Bertz CT molecular complexity index is 603. The molecule has 0 amide bonds. The van der Waals surface area contributed by atoms with Crippen LogP contribution in [0.3, 0.4) is 0 Å².